The molecule has 1 saturated heterocycles. The highest BCUT2D eigenvalue weighted by molar-refractivity contribution is 8.09. The Balaban J connectivity index is 1.27. The van der Waals surface area contributed by atoms with Gasteiger partial charge in [-0.25, -0.2) is 0 Å². The van der Waals surface area contributed by atoms with Gasteiger partial charge in [0.2, 0.25) is 0 Å². The molecule has 9 heteroatoms. The van der Waals surface area contributed by atoms with Crippen molar-refractivity contribution in [3.8, 4) is 0 Å². The molecule has 4 atom stereocenters. The van der Waals surface area contributed by atoms with Gasteiger partial charge in [-0.3, -0.25) is 19.5 Å². The van der Waals surface area contributed by atoms with E-state index in [2.05, 4.69) is 32.4 Å². The Bertz CT molecular complexity index is 1250. The highest BCUT2D eigenvalue weighted by Crippen LogP contribution is 2.50. The van der Waals surface area contributed by atoms with Gasteiger partial charge in [0.05, 0.1) is 24.8 Å². The van der Waals surface area contributed by atoms with Crippen molar-refractivity contribution >= 4 is 40.0 Å². The van der Waals surface area contributed by atoms with Crippen LogP contribution in [0.3, 0.4) is 0 Å². The van der Waals surface area contributed by atoms with Crippen LogP contribution in [0.1, 0.15) is 24.0 Å². The fourth-order valence-electron chi connectivity index (χ4n) is 6.05. The summed E-state index contributed by atoms with van der Waals surface area (Å²) in [6.45, 7) is 4.69. The molecule has 1 saturated carbocycles. The topological polar surface area (TPSA) is 74.8 Å². The number of hydrogen-bond donors (Lipinski definition) is 1. The molecular formula is C29H31ClN4O3S. The summed E-state index contributed by atoms with van der Waals surface area (Å²) in [7, 11) is 0. The summed E-state index contributed by atoms with van der Waals surface area (Å²) in [5.41, 5.74) is 2.22. The quantitative estimate of drug-likeness (QED) is 0.546. The zero-order valence-electron chi connectivity index (χ0n) is 21.1. The molecule has 0 spiro atoms. The first kappa shape index (κ1) is 25.6. The van der Waals surface area contributed by atoms with Gasteiger partial charge < -0.3 is 15.0 Å². The molecular weight excluding hydrogens is 520 g/mol. The number of Topliss-reactive ketones (excluding diaryl/α,β-unsaturated/α-hetero) is 1. The standard InChI is InChI=1S/C29H31ClN4O3S/c30-22-5-3-19(4-6-22)14-32-29(36)24-17-34-18-26(21-2-1-7-31-15-21)38-25-13-20(12-23(27(25)34)28(24)35)16-33-8-10-37-11-9-33/h1-7,15,17-18,20,23,25,27H,8-14,16H2,(H,32,36). The number of ketones is 1. The number of carbonyl (C=O) groups is 2. The van der Waals surface area contributed by atoms with Crippen molar-refractivity contribution in [2.24, 2.45) is 11.8 Å². The first-order valence-corrected chi connectivity index (χ1v) is 14.5. The Morgan fingerprint density at radius 2 is 1.95 bits per heavy atom. The Morgan fingerprint density at radius 3 is 2.71 bits per heavy atom. The maximum Gasteiger partial charge on any atom is 0.256 e. The normalized spacial score (nSPS) is 27.3. The van der Waals surface area contributed by atoms with Gasteiger partial charge in [-0.2, -0.15) is 0 Å². The predicted molar refractivity (Wildman–Crippen MR) is 149 cm³/mol. The lowest BCUT2D eigenvalue weighted by Gasteiger charge is -2.50. The van der Waals surface area contributed by atoms with E-state index < -0.39 is 0 Å². The molecule has 1 amide bonds. The van der Waals surface area contributed by atoms with E-state index in [9.17, 15) is 9.59 Å². The molecule has 4 aliphatic rings. The lowest BCUT2D eigenvalue weighted by molar-refractivity contribution is -0.128. The van der Waals surface area contributed by atoms with Gasteiger partial charge in [0.1, 0.15) is 0 Å². The van der Waals surface area contributed by atoms with Gasteiger partial charge in [0.15, 0.2) is 5.78 Å². The number of halogens is 1. The van der Waals surface area contributed by atoms with E-state index in [0.29, 0.717) is 17.5 Å². The molecule has 1 aromatic heterocycles. The van der Waals surface area contributed by atoms with Crippen molar-refractivity contribution < 1.29 is 14.3 Å². The number of morpholine rings is 1. The number of thioether (sulfide) groups is 1. The average molecular weight is 551 g/mol. The minimum Gasteiger partial charge on any atom is -0.379 e. The summed E-state index contributed by atoms with van der Waals surface area (Å²) in [5, 5.41) is 3.86. The first-order valence-electron chi connectivity index (χ1n) is 13.2. The molecule has 4 heterocycles. The zero-order chi connectivity index (χ0) is 26.1. The monoisotopic (exact) mass is 550 g/mol. The van der Waals surface area contributed by atoms with Crippen LogP contribution in [0.15, 0.2) is 66.8 Å². The average Bonchev–Trinajstić information content (AvgIpc) is 2.95. The van der Waals surface area contributed by atoms with E-state index >= 15 is 0 Å². The van der Waals surface area contributed by atoms with Crippen LogP contribution >= 0.6 is 23.4 Å². The lowest BCUT2D eigenvalue weighted by Crippen LogP contribution is -2.56. The second-order valence-corrected chi connectivity index (χ2v) is 12.1. The van der Waals surface area contributed by atoms with Crippen molar-refractivity contribution in [1.82, 2.24) is 20.1 Å². The van der Waals surface area contributed by atoms with Gasteiger partial charge in [-0.15, -0.1) is 11.8 Å². The number of hydrogen-bond acceptors (Lipinski definition) is 7. The largest absolute Gasteiger partial charge is 0.379 e. The van der Waals surface area contributed by atoms with E-state index in [1.165, 1.54) is 0 Å². The Morgan fingerprint density at radius 1 is 1.13 bits per heavy atom. The van der Waals surface area contributed by atoms with Crippen molar-refractivity contribution in [3.05, 3.63) is 82.9 Å². The molecule has 3 aliphatic heterocycles. The summed E-state index contributed by atoms with van der Waals surface area (Å²) in [6.07, 6.45) is 9.35. The van der Waals surface area contributed by atoms with Gasteiger partial charge in [-0.1, -0.05) is 29.8 Å². The Labute approximate surface area is 232 Å². The van der Waals surface area contributed by atoms with E-state index in [4.69, 9.17) is 16.3 Å². The third-order valence-corrected chi connectivity index (χ3v) is 9.51. The fraction of sp³-hybridized carbons (Fsp3) is 0.414. The van der Waals surface area contributed by atoms with E-state index in [0.717, 1.165) is 61.7 Å². The third-order valence-electron chi connectivity index (χ3n) is 7.89. The Hall–Kier alpha value is -2.65. The minimum absolute atomic E-state index is 0.0321. The van der Waals surface area contributed by atoms with Crippen LogP contribution in [0.5, 0.6) is 0 Å². The van der Waals surface area contributed by atoms with Crippen LogP contribution in [-0.2, 0) is 20.9 Å². The van der Waals surface area contributed by atoms with E-state index in [1.807, 2.05) is 36.2 Å². The number of rotatable bonds is 6. The number of amides is 1. The van der Waals surface area contributed by atoms with Gasteiger partial charge >= 0.3 is 0 Å². The molecule has 6 rings (SSSR count). The van der Waals surface area contributed by atoms with E-state index in [-0.39, 0.29) is 34.5 Å². The maximum absolute atomic E-state index is 13.8. The molecule has 4 unspecified atom stereocenters. The Kier molecular flexibility index (Phi) is 7.56. The zero-order valence-corrected chi connectivity index (χ0v) is 22.7. The van der Waals surface area contributed by atoms with Crippen molar-refractivity contribution in [3.63, 3.8) is 0 Å². The summed E-state index contributed by atoms with van der Waals surface area (Å²) in [4.78, 5) is 37.2. The van der Waals surface area contributed by atoms with Crippen molar-refractivity contribution in [2.75, 3.05) is 32.8 Å². The third kappa shape index (κ3) is 5.41. The van der Waals surface area contributed by atoms with E-state index in [1.54, 1.807) is 24.5 Å². The number of benzene rings is 1. The van der Waals surface area contributed by atoms with Crippen LogP contribution in [0, 0.1) is 11.8 Å². The summed E-state index contributed by atoms with van der Waals surface area (Å²) in [6, 6.07) is 11.4. The van der Waals surface area contributed by atoms with Crippen LogP contribution in [-0.4, -0.2) is 70.6 Å². The highest BCUT2D eigenvalue weighted by Gasteiger charge is 2.50. The fourth-order valence-corrected chi connectivity index (χ4v) is 7.78. The molecule has 7 nitrogen and oxygen atoms in total. The first-order chi connectivity index (χ1) is 18.5. The lowest BCUT2D eigenvalue weighted by atomic mass is 9.71. The minimum atomic E-state index is -0.329. The van der Waals surface area contributed by atoms with Crippen LogP contribution in [0.2, 0.25) is 5.02 Å². The number of ether oxygens (including phenoxy) is 1. The number of carbonyl (C=O) groups excluding carboxylic acids is 2. The SMILES string of the molecule is O=C(NCc1ccc(Cl)cc1)C1=CN2C=C(c3cccnc3)SC3CC(CN4CCOCC4)CC(C1=O)C32. The molecule has 1 N–H and O–H groups in total. The number of nitrogens with one attached hydrogen (secondary N) is 1. The van der Waals surface area contributed by atoms with Crippen molar-refractivity contribution in [2.45, 2.75) is 30.7 Å². The van der Waals surface area contributed by atoms with Crippen LogP contribution in [0.25, 0.3) is 4.91 Å². The molecule has 2 aromatic rings. The van der Waals surface area contributed by atoms with Crippen molar-refractivity contribution in [1.29, 1.82) is 0 Å². The van der Waals surface area contributed by atoms with Gasteiger partial charge in [-0.05, 0) is 42.5 Å². The van der Waals surface area contributed by atoms with Crippen LogP contribution < -0.4 is 5.32 Å². The molecule has 2 fully saturated rings. The predicted octanol–water partition coefficient (Wildman–Crippen LogP) is 3.96. The van der Waals surface area contributed by atoms with Gasteiger partial charge in [0.25, 0.3) is 5.91 Å². The van der Waals surface area contributed by atoms with Gasteiger partial charge in [0, 0.05) is 77.6 Å². The smallest absolute Gasteiger partial charge is 0.256 e. The molecule has 38 heavy (non-hydrogen) atoms. The summed E-state index contributed by atoms with van der Waals surface area (Å²) >= 11 is 7.85. The summed E-state index contributed by atoms with van der Waals surface area (Å²) in [5.74, 6) is -0.178. The highest BCUT2D eigenvalue weighted by atomic mass is 35.5. The summed E-state index contributed by atoms with van der Waals surface area (Å²) < 4.78 is 5.54. The second-order valence-electron chi connectivity index (χ2n) is 10.4. The molecule has 0 bridgehead atoms. The molecule has 0 radical (unpaired) electrons. The number of aromatic nitrogens is 1. The maximum atomic E-state index is 13.8. The molecule has 198 valence electrons. The van der Waals surface area contributed by atoms with Crippen LogP contribution in [0.4, 0.5) is 0 Å². The second kappa shape index (κ2) is 11.2. The molecule has 1 aromatic carbocycles. The number of nitrogens with zero attached hydrogens (tertiary/aromatic N) is 3. The number of pyridine rings is 1. The molecule has 1 aliphatic carbocycles.